The SMILES string of the molecule is NC(=O)c1cccc(SCC(O)CO)c1. The molecular weight excluding hydrogens is 214 g/mol. The van der Waals surface area contributed by atoms with Gasteiger partial charge in [0.15, 0.2) is 0 Å². The third kappa shape index (κ3) is 3.91. The Morgan fingerprint density at radius 1 is 1.53 bits per heavy atom. The van der Waals surface area contributed by atoms with Crippen molar-refractivity contribution >= 4 is 17.7 Å². The Bertz CT molecular complexity index is 343. The van der Waals surface area contributed by atoms with E-state index in [9.17, 15) is 4.79 Å². The van der Waals surface area contributed by atoms with Crippen LogP contribution < -0.4 is 5.73 Å². The highest BCUT2D eigenvalue weighted by molar-refractivity contribution is 7.99. The van der Waals surface area contributed by atoms with E-state index >= 15 is 0 Å². The summed E-state index contributed by atoms with van der Waals surface area (Å²) < 4.78 is 0. The van der Waals surface area contributed by atoms with Gasteiger partial charge in [0.05, 0.1) is 12.7 Å². The lowest BCUT2D eigenvalue weighted by Gasteiger charge is -2.06. The molecule has 0 saturated carbocycles. The number of amides is 1. The van der Waals surface area contributed by atoms with Crippen molar-refractivity contribution in [2.24, 2.45) is 5.73 Å². The van der Waals surface area contributed by atoms with Gasteiger partial charge < -0.3 is 15.9 Å². The van der Waals surface area contributed by atoms with Crippen LogP contribution in [0.4, 0.5) is 0 Å². The Kier molecular flexibility index (Phi) is 4.61. The third-order valence-corrected chi connectivity index (χ3v) is 2.91. The molecule has 0 bridgehead atoms. The standard InChI is InChI=1S/C10H13NO3S/c11-10(14)7-2-1-3-9(4-7)15-6-8(13)5-12/h1-4,8,12-13H,5-6H2,(H2,11,14). The highest BCUT2D eigenvalue weighted by Gasteiger charge is 2.05. The summed E-state index contributed by atoms with van der Waals surface area (Å²) in [4.78, 5) is 11.7. The van der Waals surface area contributed by atoms with Crippen LogP contribution in [0.15, 0.2) is 29.2 Å². The molecule has 0 aliphatic carbocycles. The van der Waals surface area contributed by atoms with Crippen LogP contribution in [0.2, 0.25) is 0 Å². The van der Waals surface area contributed by atoms with E-state index < -0.39 is 12.0 Å². The maximum atomic E-state index is 10.9. The second-order valence-electron chi connectivity index (χ2n) is 3.04. The zero-order chi connectivity index (χ0) is 11.3. The number of aliphatic hydroxyl groups excluding tert-OH is 2. The van der Waals surface area contributed by atoms with Crippen LogP contribution in [0.1, 0.15) is 10.4 Å². The summed E-state index contributed by atoms with van der Waals surface area (Å²) in [5.41, 5.74) is 5.57. The van der Waals surface area contributed by atoms with Crippen molar-refractivity contribution in [2.75, 3.05) is 12.4 Å². The first kappa shape index (κ1) is 12.0. The summed E-state index contributed by atoms with van der Waals surface area (Å²) >= 11 is 1.37. The molecule has 4 nitrogen and oxygen atoms in total. The highest BCUT2D eigenvalue weighted by Crippen LogP contribution is 2.19. The fourth-order valence-corrected chi connectivity index (χ4v) is 1.86. The van der Waals surface area contributed by atoms with Crippen LogP contribution in [0.25, 0.3) is 0 Å². The number of primary amides is 1. The van der Waals surface area contributed by atoms with Gasteiger partial charge in [-0.15, -0.1) is 11.8 Å². The van der Waals surface area contributed by atoms with E-state index in [-0.39, 0.29) is 6.61 Å². The van der Waals surface area contributed by atoms with Crippen molar-refractivity contribution in [3.8, 4) is 0 Å². The molecule has 1 aromatic rings. The van der Waals surface area contributed by atoms with Gasteiger partial charge in [0.25, 0.3) is 0 Å². The highest BCUT2D eigenvalue weighted by atomic mass is 32.2. The summed E-state index contributed by atoms with van der Waals surface area (Å²) in [6.45, 7) is -0.261. The van der Waals surface area contributed by atoms with Gasteiger partial charge in [-0.3, -0.25) is 4.79 Å². The van der Waals surface area contributed by atoms with Gasteiger partial charge in [-0.05, 0) is 18.2 Å². The first-order valence-corrected chi connectivity index (χ1v) is 5.43. The maximum Gasteiger partial charge on any atom is 0.248 e. The zero-order valence-corrected chi connectivity index (χ0v) is 8.91. The van der Waals surface area contributed by atoms with E-state index in [0.29, 0.717) is 11.3 Å². The fourth-order valence-electron chi connectivity index (χ4n) is 0.984. The first-order valence-electron chi connectivity index (χ1n) is 4.45. The Morgan fingerprint density at radius 3 is 2.87 bits per heavy atom. The van der Waals surface area contributed by atoms with Gasteiger partial charge in [0.1, 0.15) is 0 Å². The van der Waals surface area contributed by atoms with Crippen molar-refractivity contribution in [1.29, 1.82) is 0 Å². The molecule has 1 atom stereocenters. The zero-order valence-electron chi connectivity index (χ0n) is 8.09. The van der Waals surface area contributed by atoms with Gasteiger partial charge in [-0.1, -0.05) is 6.07 Å². The molecule has 0 radical (unpaired) electrons. The molecule has 1 unspecified atom stereocenters. The molecule has 0 fully saturated rings. The number of nitrogens with two attached hydrogens (primary N) is 1. The van der Waals surface area contributed by atoms with Crippen molar-refractivity contribution in [3.05, 3.63) is 29.8 Å². The minimum Gasteiger partial charge on any atom is -0.394 e. The van der Waals surface area contributed by atoms with E-state index in [0.717, 1.165) is 4.90 Å². The molecule has 0 spiro atoms. The molecule has 4 N–H and O–H groups in total. The Morgan fingerprint density at radius 2 is 2.27 bits per heavy atom. The Balaban J connectivity index is 2.62. The van der Waals surface area contributed by atoms with Crippen molar-refractivity contribution in [3.63, 3.8) is 0 Å². The second kappa shape index (κ2) is 5.75. The molecule has 1 rings (SSSR count). The normalized spacial score (nSPS) is 12.4. The summed E-state index contributed by atoms with van der Waals surface area (Å²) in [6.07, 6.45) is -0.743. The summed E-state index contributed by atoms with van der Waals surface area (Å²) in [5.74, 6) is -0.0845. The van der Waals surface area contributed by atoms with Crippen LogP contribution >= 0.6 is 11.8 Å². The van der Waals surface area contributed by atoms with E-state index in [2.05, 4.69) is 0 Å². The molecule has 82 valence electrons. The van der Waals surface area contributed by atoms with E-state index in [1.807, 2.05) is 6.07 Å². The predicted molar refractivity (Wildman–Crippen MR) is 58.8 cm³/mol. The number of benzene rings is 1. The molecular formula is C10H13NO3S. The number of hydrogen-bond donors (Lipinski definition) is 3. The Labute approximate surface area is 92.1 Å². The smallest absolute Gasteiger partial charge is 0.248 e. The largest absolute Gasteiger partial charge is 0.394 e. The first-order chi connectivity index (χ1) is 7.13. The number of rotatable bonds is 5. The Hall–Kier alpha value is -1.04. The molecule has 0 aliphatic rings. The number of thioether (sulfide) groups is 1. The molecule has 0 aromatic heterocycles. The lowest BCUT2D eigenvalue weighted by molar-refractivity contribution is 0.1000. The maximum absolute atomic E-state index is 10.9. The number of hydrogen-bond acceptors (Lipinski definition) is 4. The van der Waals surface area contributed by atoms with Crippen molar-refractivity contribution in [1.82, 2.24) is 0 Å². The van der Waals surface area contributed by atoms with Gasteiger partial charge in [0.2, 0.25) is 5.91 Å². The van der Waals surface area contributed by atoms with Gasteiger partial charge >= 0.3 is 0 Å². The van der Waals surface area contributed by atoms with Crippen LogP contribution in [-0.4, -0.2) is 34.6 Å². The average molecular weight is 227 g/mol. The van der Waals surface area contributed by atoms with Crippen LogP contribution in [0.3, 0.4) is 0 Å². The molecule has 5 heteroatoms. The van der Waals surface area contributed by atoms with Gasteiger partial charge in [-0.25, -0.2) is 0 Å². The van der Waals surface area contributed by atoms with E-state index in [1.165, 1.54) is 11.8 Å². The molecule has 0 saturated heterocycles. The van der Waals surface area contributed by atoms with Crippen LogP contribution in [-0.2, 0) is 0 Å². The molecule has 15 heavy (non-hydrogen) atoms. The lowest BCUT2D eigenvalue weighted by Crippen LogP contribution is -2.14. The number of carbonyl (C=O) groups excluding carboxylic acids is 1. The molecule has 1 amide bonds. The fraction of sp³-hybridized carbons (Fsp3) is 0.300. The van der Waals surface area contributed by atoms with E-state index in [1.54, 1.807) is 18.2 Å². The van der Waals surface area contributed by atoms with Gasteiger partial charge in [0, 0.05) is 16.2 Å². The van der Waals surface area contributed by atoms with E-state index in [4.69, 9.17) is 15.9 Å². The summed E-state index contributed by atoms with van der Waals surface area (Å²) in [7, 11) is 0. The quantitative estimate of drug-likeness (QED) is 0.629. The third-order valence-electron chi connectivity index (χ3n) is 1.77. The lowest BCUT2D eigenvalue weighted by atomic mass is 10.2. The topological polar surface area (TPSA) is 83.6 Å². The second-order valence-corrected chi connectivity index (χ2v) is 4.13. The minimum absolute atomic E-state index is 0.261. The average Bonchev–Trinajstić information content (AvgIpc) is 2.26. The number of aliphatic hydroxyl groups is 2. The summed E-state index contributed by atoms with van der Waals surface area (Å²) in [6, 6.07) is 6.85. The summed E-state index contributed by atoms with van der Waals surface area (Å²) in [5, 5.41) is 17.8. The van der Waals surface area contributed by atoms with Crippen LogP contribution in [0.5, 0.6) is 0 Å². The molecule has 0 heterocycles. The monoisotopic (exact) mass is 227 g/mol. The number of carbonyl (C=O) groups is 1. The minimum atomic E-state index is -0.743. The predicted octanol–water partition coefficient (Wildman–Crippen LogP) is 0.231. The molecule has 0 aliphatic heterocycles. The van der Waals surface area contributed by atoms with Crippen molar-refractivity contribution < 1.29 is 15.0 Å². The molecule has 1 aromatic carbocycles. The van der Waals surface area contributed by atoms with Crippen LogP contribution in [0, 0.1) is 0 Å². The van der Waals surface area contributed by atoms with Crippen molar-refractivity contribution in [2.45, 2.75) is 11.0 Å². The van der Waals surface area contributed by atoms with Gasteiger partial charge in [-0.2, -0.15) is 0 Å².